The Morgan fingerprint density at radius 2 is 2.00 bits per heavy atom. The van der Waals surface area contributed by atoms with Gasteiger partial charge < -0.3 is 0 Å². The molecule has 0 aliphatic rings. The molecule has 0 unspecified atom stereocenters. The number of hydrogen-bond donors (Lipinski definition) is 0. The van der Waals surface area contributed by atoms with E-state index in [0.717, 1.165) is 11.3 Å². The number of hydrogen-bond acceptors (Lipinski definition) is 2. The van der Waals surface area contributed by atoms with Gasteiger partial charge in [-0.25, -0.2) is 0 Å². The Kier molecular flexibility index (Phi) is 2.86. The number of Topliss-reactive ketones (excluding diaryl/α,β-unsaturated/α-hetero) is 1. The summed E-state index contributed by atoms with van der Waals surface area (Å²) in [4.78, 5) is 12.0. The van der Waals surface area contributed by atoms with Crippen LogP contribution in [0, 0.1) is 6.92 Å². The fourth-order valence-electron chi connectivity index (χ4n) is 1.65. The Bertz CT molecular complexity index is 500. The molecule has 2 rings (SSSR count). The molecule has 0 radical (unpaired) electrons. The van der Waals surface area contributed by atoms with Gasteiger partial charge >= 0.3 is 0 Å². The fraction of sp³-hybridized carbons (Fsp3) is 0.231. The van der Waals surface area contributed by atoms with Crippen molar-refractivity contribution in [2.45, 2.75) is 13.3 Å². The van der Waals surface area contributed by atoms with Crippen LogP contribution in [0.15, 0.2) is 36.5 Å². The van der Waals surface area contributed by atoms with Crippen LogP contribution in [0.2, 0.25) is 0 Å². The molecule has 0 aliphatic heterocycles. The van der Waals surface area contributed by atoms with Crippen LogP contribution >= 0.6 is 0 Å². The number of carbonyl (C=O) groups is 1. The van der Waals surface area contributed by atoms with Crippen molar-refractivity contribution in [3.63, 3.8) is 0 Å². The fourth-order valence-corrected chi connectivity index (χ4v) is 1.65. The van der Waals surface area contributed by atoms with E-state index < -0.39 is 0 Å². The summed E-state index contributed by atoms with van der Waals surface area (Å²) in [5, 5.41) is 4.07. The number of ketones is 1. The van der Waals surface area contributed by atoms with E-state index in [-0.39, 0.29) is 5.78 Å². The molecule has 1 aromatic carbocycles. The van der Waals surface area contributed by atoms with Crippen LogP contribution < -0.4 is 0 Å². The third-order valence-electron chi connectivity index (χ3n) is 2.74. The topological polar surface area (TPSA) is 34.9 Å². The van der Waals surface area contributed by atoms with Gasteiger partial charge in [-0.2, -0.15) is 5.10 Å². The van der Waals surface area contributed by atoms with E-state index in [1.165, 1.54) is 0 Å². The van der Waals surface area contributed by atoms with Gasteiger partial charge in [0, 0.05) is 19.2 Å². The van der Waals surface area contributed by atoms with Crippen LogP contribution in [0.1, 0.15) is 21.6 Å². The van der Waals surface area contributed by atoms with Crippen molar-refractivity contribution >= 4 is 5.78 Å². The highest BCUT2D eigenvalue weighted by Crippen LogP contribution is 2.10. The van der Waals surface area contributed by atoms with Crippen LogP contribution in [0.3, 0.4) is 0 Å². The van der Waals surface area contributed by atoms with E-state index in [1.807, 2.05) is 44.3 Å². The zero-order valence-corrected chi connectivity index (χ0v) is 9.47. The summed E-state index contributed by atoms with van der Waals surface area (Å²) in [7, 11) is 1.84. The molecular formula is C13H14N2O. The van der Waals surface area contributed by atoms with E-state index in [4.69, 9.17) is 0 Å². The standard InChI is InChI=1S/C13H14N2O/c1-10-12(9-14-15(10)2)13(16)8-11-6-4-3-5-7-11/h3-7,9H,8H2,1-2H3. The molecule has 0 saturated heterocycles. The minimum absolute atomic E-state index is 0.122. The molecule has 3 heteroatoms. The summed E-state index contributed by atoms with van der Waals surface area (Å²) in [5.41, 5.74) is 2.67. The maximum atomic E-state index is 12.0. The molecule has 0 fully saturated rings. The lowest BCUT2D eigenvalue weighted by molar-refractivity contribution is 0.0992. The first kappa shape index (κ1) is 10.6. The van der Waals surface area contributed by atoms with Crippen molar-refractivity contribution in [1.82, 2.24) is 9.78 Å². The Morgan fingerprint density at radius 1 is 1.31 bits per heavy atom. The number of rotatable bonds is 3. The van der Waals surface area contributed by atoms with Gasteiger partial charge in [0.15, 0.2) is 5.78 Å². The molecule has 16 heavy (non-hydrogen) atoms. The SMILES string of the molecule is Cc1c(C(=O)Cc2ccccc2)cnn1C. The molecule has 1 heterocycles. The Morgan fingerprint density at radius 3 is 2.56 bits per heavy atom. The predicted octanol–water partition coefficient (Wildman–Crippen LogP) is 2.15. The van der Waals surface area contributed by atoms with Crippen LogP contribution in [-0.4, -0.2) is 15.6 Å². The van der Waals surface area contributed by atoms with Gasteiger partial charge in [0.25, 0.3) is 0 Å². The second kappa shape index (κ2) is 4.31. The number of nitrogens with zero attached hydrogens (tertiary/aromatic N) is 2. The Hall–Kier alpha value is -1.90. The van der Waals surface area contributed by atoms with Crippen LogP contribution in [-0.2, 0) is 13.5 Å². The van der Waals surface area contributed by atoms with Crippen molar-refractivity contribution < 1.29 is 4.79 Å². The Labute approximate surface area is 94.7 Å². The molecule has 0 aliphatic carbocycles. The summed E-state index contributed by atoms with van der Waals surface area (Å²) in [6, 6.07) is 9.76. The maximum Gasteiger partial charge on any atom is 0.170 e. The van der Waals surface area contributed by atoms with E-state index >= 15 is 0 Å². The molecule has 2 aromatic rings. The van der Waals surface area contributed by atoms with Crippen molar-refractivity contribution in [3.8, 4) is 0 Å². The molecule has 3 nitrogen and oxygen atoms in total. The first-order chi connectivity index (χ1) is 7.68. The molecule has 0 spiro atoms. The number of aromatic nitrogens is 2. The lowest BCUT2D eigenvalue weighted by Crippen LogP contribution is -2.05. The average Bonchev–Trinajstić information content (AvgIpc) is 2.61. The lowest BCUT2D eigenvalue weighted by Gasteiger charge is -2.00. The van der Waals surface area contributed by atoms with Gasteiger partial charge in [-0.15, -0.1) is 0 Å². The highest BCUT2D eigenvalue weighted by molar-refractivity contribution is 5.98. The first-order valence-corrected chi connectivity index (χ1v) is 5.24. The molecule has 82 valence electrons. The lowest BCUT2D eigenvalue weighted by atomic mass is 10.0. The molecular weight excluding hydrogens is 200 g/mol. The van der Waals surface area contributed by atoms with Gasteiger partial charge in [-0.1, -0.05) is 30.3 Å². The highest BCUT2D eigenvalue weighted by Gasteiger charge is 2.12. The minimum Gasteiger partial charge on any atom is -0.294 e. The third-order valence-corrected chi connectivity index (χ3v) is 2.74. The van der Waals surface area contributed by atoms with Crippen molar-refractivity contribution in [1.29, 1.82) is 0 Å². The van der Waals surface area contributed by atoms with Gasteiger partial charge in [0.1, 0.15) is 0 Å². The smallest absolute Gasteiger partial charge is 0.170 e. The zero-order chi connectivity index (χ0) is 11.5. The number of benzene rings is 1. The normalized spacial score (nSPS) is 10.4. The third kappa shape index (κ3) is 2.03. The second-order valence-corrected chi connectivity index (χ2v) is 3.85. The van der Waals surface area contributed by atoms with E-state index in [1.54, 1.807) is 10.9 Å². The summed E-state index contributed by atoms with van der Waals surface area (Å²) in [6.07, 6.45) is 2.08. The summed E-state index contributed by atoms with van der Waals surface area (Å²) in [6.45, 7) is 1.91. The molecule has 0 N–H and O–H groups in total. The van der Waals surface area contributed by atoms with Gasteiger partial charge in [-0.05, 0) is 12.5 Å². The number of aryl methyl sites for hydroxylation is 1. The van der Waals surface area contributed by atoms with Gasteiger partial charge in [0.2, 0.25) is 0 Å². The maximum absolute atomic E-state index is 12.0. The summed E-state index contributed by atoms with van der Waals surface area (Å²) in [5.74, 6) is 0.122. The largest absolute Gasteiger partial charge is 0.294 e. The molecule has 0 saturated carbocycles. The van der Waals surface area contributed by atoms with Crippen molar-refractivity contribution in [2.75, 3.05) is 0 Å². The molecule has 0 atom stereocenters. The first-order valence-electron chi connectivity index (χ1n) is 5.24. The van der Waals surface area contributed by atoms with Crippen molar-refractivity contribution in [2.24, 2.45) is 7.05 Å². The van der Waals surface area contributed by atoms with Crippen LogP contribution in [0.5, 0.6) is 0 Å². The van der Waals surface area contributed by atoms with Crippen molar-refractivity contribution in [3.05, 3.63) is 53.3 Å². The van der Waals surface area contributed by atoms with E-state index in [0.29, 0.717) is 12.0 Å². The summed E-state index contributed by atoms with van der Waals surface area (Å²) >= 11 is 0. The van der Waals surface area contributed by atoms with E-state index in [2.05, 4.69) is 5.10 Å². The average molecular weight is 214 g/mol. The highest BCUT2D eigenvalue weighted by atomic mass is 16.1. The number of carbonyl (C=O) groups excluding carboxylic acids is 1. The Balaban J connectivity index is 2.18. The molecule has 0 amide bonds. The predicted molar refractivity (Wildman–Crippen MR) is 62.4 cm³/mol. The quantitative estimate of drug-likeness (QED) is 0.734. The van der Waals surface area contributed by atoms with Gasteiger partial charge in [0.05, 0.1) is 11.8 Å². The van der Waals surface area contributed by atoms with E-state index in [9.17, 15) is 4.79 Å². The molecule has 1 aromatic heterocycles. The summed E-state index contributed by atoms with van der Waals surface area (Å²) < 4.78 is 1.72. The zero-order valence-electron chi connectivity index (χ0n) is 9.47. The van der Waals surface area contributed by atoms with Crippen LogP contribution in [0.25, 0.3) is 0 Å². The van der Waals surface area contributed by atoms with Crippen LogP contribution in [0.4, 0.5) is 0 Å². The monoisotopic (exact) mass is 214 g/mol. The van der Waals surface area contributed by atoms with Gasteiger partial charge in [-0.3, -0.25) is 9.48 Å². The molecule has 0 bridgehead atoms. The minimum atomic E-state index is 0.122. The second-order valence-electron chi connectivity index (χ2n) is 3.85.